The molecule has 0 radical (unpaired) electrons. The molecule has 5 heterocycles. The first-order valence-corrected chi connectivity index (χ1v) is 16.3. The van der Waals surface area contributed by atoms with Gasteiger partial charge in [-0.05, 0) is 67.9 Å². The fourth-order valence-corrected chi connectivity index (χ4v) is 5.17. The summed E-state index contributed by atoms with van der Waals surface area (Å²) in [7, 11) is 0. The molecule has 11 heteroatoms. The van der Waals surface area contributed by atoms with E-state index in [9.17, 15) is 0 Å². The van der Waals surface area contributed by atoms with Crippen molar-refractivity contribution in [2.75, 3.05) is 106 Å². The molecular formula is C34H46O10S. The Balaban J connectivity index is 1.24. The molecule has 4 aliphatic rings. The summed E-state index contributed by atoms with van der Waals surface area (Å²) in [5.41, 5.74) is 1.99. The molecule has 2 aromatic carbocycles. The molecule has 248 valence electrons. The average molecular weight is 647 g/mol. The maximum Gasteiger partial charge on any atom is 0.128 e. The predicted molar refractivity (Wildman–Crippen MR) is 173 cm³/mol. The van der Waals surface area contributed by atoms with Crippen LogP contribution in [0.25, 0.3) is 10.4 Å². The van der Waals surface area contributed by atoms with Crippen LogP contribution in [-0.4, -0.2) is 106 Å². The number of benzene rings is 2. The van der Waals surface area contributed by atoms with Gasteiger partial charge in [-0.3, -0.25) is 0 Å². The first-order chi connectivity index (χ1) is 22.2. The van der Waals surface area contributed by atoms with Crippen LogP contribution in [-0.2, 0) is 28.4 Å². The lowest BCUT2D eigenvalue weighted by molar-refractivity contribution is 0.00467. The van der Waals surface area contributed by atoms with E-state index in [4.69, 9.17) is 47.4 Å². The molecule has 3 aromatic rings. The first kappa shape index (κ1) is 35.0. The van der Waals surface area contributed by atoms with Crippen molar-refractivity contribution < 1.29 is 47.4 Å². The normalized spacial score (nSPS) is 18.1. The van der Waals surface area contributed by atoms with Crippen molar-refractivity contribution in [3.05, 3.63) is 59.0 Å². The fourth-order valence-electron chi connectivity index (χ4n) is 4.28. The highest BCUT2D eigenvalue weighted by Crippen LogP contribution is 2.39. The number of hydrogen-bond acceptors (Lipinski definition) is 11. The lowest BCUT2D eigenvalue weighted by Gasteiger charge is -2.16. The van der Waals surface area contributed by atoms with Gasteiger partial charge in [-0.25, -0.2) is 0 Å². The third-order valence-electron chi connectivity index (χ3n) is 6.56. The molecule has 0 fully saturated rings. The monoisotopic (exact) mass is 646 g/mol. The van der Waals surface area contributed by atoms with Crippen molar-refractivity contribution in [1.29, 1.82) is 0 Å². The molecule has 0 saturated carbocycles. The van der Waals surface area contributed by atoms with Gasteiger partial charge in [-0.15, -0.1) is 11.3 Å². The Bertz CT molecular complexity index is 1220. The number of ether oxygens (including phenoxy) is 10. The molecule has 4 bridgehead atoms. The van der Waals surface area contributed by atoms with Gasteiger partial charge in [0.25, 0.3) is 0 Å². The topological polar surface area (TPSA) is 92.3 Å². The lowest BCUT2D eigenvalue weighted by atomic mass is 10.1. The zero-order valence-corrected chi connectivity index (χ0v) is 27.2. The van der Waals surface area contributed by atoms with E-state index in [1.54, 1.807) is 11.3 Å². The average Bonchev–Trinajstić information content (AvgIpc) is 3.48. The Hall–Kier alpha value is -2.90. The molecule has 7 rings (SSSR count). The molecule has 0 saturated heterocycles. The van der Waals surface area contributed by atoms with Gasteiger partial charge in [0, 0.05) is 15.3 Å². The number of thiophene rings is 1. The largest absolute Gasteiger partial charge is 0.491 e. The van der Waals surface area contributed by atoms with Crippen LogP contribution >= 0.6 is 11.3 Å². The lowest BCUT2D eigenvalue weighted by Crippen LogP contribution is -2.15. The smallest absolute Gasteiger partial charge is 0.128 e. The summed E-state index contributed by atoms with van der Waals surface area (Å²) in [6.07, 6.45) is 0. The molecule has 0 unspecified atom stereocenters. The first-order valence-electron chi connectivity index (χ1n) is 15.5. The minimum absolute atomic E-state index is 0.428. The summed E-state index contributed by atoms with van der Waals surface area (Å²) in [6, 6.07) is 15.8. The molecule has 0 atom stereocenters. The molecule has 4 aliphatic heterocycles. The van der Waals surface area contributed by atoms with Crippen molar-refractivity contribution in [2.45, 2.75) is 13.8 Å². The van der Waals surface area contributed by atoms with E-state index in [0.29, 0.717) is 106 Å². The van der Waals surface area contributed by atoms with Gasteiger partial charge in [0.2, 0.25) is 0 Å². The van der Waals surface area contributed by atoms with E-state index in [1.807, 2.05) is 37.3 Å². The van der Waals surface area contributed by atoms with Gasteiger partial charge >= 0.3 is 0 Å². The summed E-state index contributed by atoms with van der Waals surface area (Å²) in [4.78, 5) is 2.36. The standard InChI is InChI=1S/C34H46O10S/c1-27-25-33-31(34-8-3-28(2)45-34)26-32(27)43-23-19-39-15-11-35-9-13-37-17-21-41-29-4-6-30(7-5-29)42-22-18-38-14-10-36-12-16-40-20-24-44-33/h3-8,25-26H,9-24H2,1-2H3. The van der Waals surface area contributed by atoms with Gasteiger partial charge in [0.05, 0.1) is 79.3 Å². The Morgan fingerprint density at radius 3 is 1.24 bits per heavy atom. The summed E-state index contributed by atoms with van der Waals surface area (Å²) >= 11 is 1.72. The van der Waals surface area contributed by atoms with Gasteiger partial charge < -0.3 is 47.4 Å². The van der Waals surface area contributed by atoms with Crippen LogP contribution in [0.15, 0.2) is 48.5 Å². The molecular weight excluding hydrogens is 600 g/mol. The molecule has 0 aliphatic carbocycles. The summed E-state index contributed by atoms with van der Waals surface area (Å²) < 4.78 is 57.5. The number of rotatable bonds is 1. The summed E-state index contributed by atoms with van der Waals surface area (Å²) in [6.45, 7) is 11.7. The van der Waals surface area contributed by atoms with Crippen molar-refractivity contribution in [3.8, 4) is 33.4 Å². The van der Waals surface area contributed by atoms with Crippen molar-refractivity contribution in [2.24, 2.45) is 0 Å². The quantitative estimate of drug-likeness (QED) is 0.344. The molecule has 10 nitrogen and oxygen atoms in total. The van der Waals surface area contributed by atoms with Crippen LogP contribution < -0.4 is 18.9 Å². The Morgan fingerprint density at radius 1 is 0.422 bits per heavy atom. The Morgan fingerprint density at radius 2 is 0.822 bits per heavy atom. The van der Waals surface area contributed by atoms with E-state index in [-0.39, 0.29) is 0 Å². The highest BCUT2D eigenvalue weighted by molar-refractivity contribution is 7.15. The van der Waals surface area contributed by atoms with Crippen molar-refractivity contribution in [1.82, 2.24) is 0 Å². The zero-order chi connectivity index (χ0) is 31.4. The second-order valence-electron chi connectivity index (χ2n) is 10.1. The summed E-state index contributed by atoms with van der Waals surface area (Å²) in [5.74, 6) is 3.14. The predicted octanol–water partition coefficient (Wildman–Crippen LogP) is 5.36. The van der Waals surface area contributed by atoms with Crippen LogP contribution in [0.3, 0.4) is 0 Å². The van der Waals surface area contributed by atoms with E-state index in [2.05, 4.69) is 25.1 Å². The van der Waals surface area contributed by atoms with Gasteiger partial charge in [-0.2, -0.15) is 0 Å². The van der Waals surface area contributed by atoms with E-state index >= 15 is 0 Å². The minimum atomic E-state index is 0.428. The zero-order valence-electron chi connectivity index (χ0n) is 26.4. The minimum Gasteiger partial charge on any atom is -0.491 e. The van der Waals surface area contributed by atoms with Crippen LogP contribution in [0.2, 0.25) is 0 Å². The maximum absolute atomic E-state index is 6.17. The SMILES string of the molecule is Cc1ccc(-c2cc3c(C)cc2OCCOCCOCCOCCOc2ccc(cc2)OCCOCCOCCOCCO3)s1. The highest BCUT2D eigenvalue weighted by Gasteiger charge is 2.14. The van der Waals surface area contributed by atoms with Crippen LogP contribution in [0.1, 0.15) is 10.4 Å². The third kappa shape index (κ3) is 13.5. The van der Waals surface area contributed by atoms with Crippen molar-refractivity contribution >= 4 is 11.3 Å². The molecule has 0 N–H and O–H groups in total. The van der Waals surface area contributed by atoms with Crippen LogP contribution in [0.4, 0.5) is 0 Å². The van der Waals surface area contributed by atoms with E-state index in [0.717, 1.165) is 39.0 Å². The van der Waals surface area contributed by atoms with E-state index < -0.39 is 0 Å². The molecule has 0 spiro atoms. The Kier molecular flexibility index (Phi) is 16.3. The van der Waals surface area contributed by atoms with Gasteiger partial charge in [-0.1, -0.05) is 0 Å². The van der Waals surface area contributed by atoms with Crippen molar-refractivity contribution in [3.63, 3.8) is 0 Å². The van der Waals surface area contributed by atoms with Gasteiger partial charge in [0.15, 0.2) is 0 Å². The third-order valence-corrected chi connectivity index (χ3v) is 7.59. The number of aryl methyl sites for hydroxylation is 2. The Labute approximate surface area is 270 Å². The van der Waals surface area contributed by atoms with Crippen LogP contribution in [0, 0.1) is 13.8 Å². The molecule has 45 heavy (non-hydrogen) atoms. The molecule has 0 amide bonds. The number of hydrogen-bond donors (Lipinski definition) is 0. The van der Waals surface area contributed by atoms with E-state index in [1.165, 1.54) is 4.88 Å². The fraction of sp³-hybridized carbons (Fsp3) is 0.529. The molecule has 1 aromatic heterocycles. The second-order valence-corrected chi connectivity index (χ2v) is 11.4. The summed E-state index contributed by atoms with van der Waals surface area (Å²) in [5, 5.41) is 0. The van der Waals surface area contributed by atoms with Gasteiger partial charge in [0.1, 0.15) is 49.4 Å². The second kappa shape index (κ2) is 21.0. The highest BCUT2D eigenvalue weighted by atomic mass is 32.1. The van der Waals surface area contributed by atoms with Crippen LogP contribution in [0.5, 0.6) is 23.0 Å². The maximum atomic E-state index is 6.17.